The van der Waals surface area contributed by atoms with E-state index < -0.39 is 5.60 Å². The summed E-state index contributed by atoms with van der Waals surface area (Å²) in [5, 5.41) is 10.6. The van der Waals surface area contributed by atoms with Gasteiger partial charge in [-0.05, 0) is 50.0 Å². The first-order chi connectivity index (χ1) is 8.64. The predicted octanol–water partition coefficient (Wildman–Crippen LogP) is 1.88. The monoisotopic (exact) mass is 288 g/mol. The zero-order valence-electron chi connectivity index (χ0n) is 11.0. The lowest BCUT2D eigenvalue weighted by Gasteiger charge is -2.38. The molecule has 0 aromatic heterocycles. The molecule has 0 bridgehead atoms. The van der Waals surface area contributed by atoms with E-state index in [0.29, 0.717) is 19.4 Å². The van der Waals surface area contributed by atoms with Gasteiger partial charge in [0.2, 0.25) is 0 Å². The van der Waals surface area contributed by atoms with E-state index in [9.17, 15) is 9.50 Å². The third-order valence-corrected chi connectivity index (χ3v) is 3.74. The van der Waals surface area contributed by atoms with E-state index in [1.54, 1.807) is 12.1 Å². The Bertz CT molecular complexity index is 378. The molecular formula is C14H22ClFN2O. The molecule has 0 atom stereocenters. The molecule has 1 heterocycles. The lowest BCUT2D eigenvalue weighted by Crippen LogP contribution is -2.43. The van der Waals surface area contributed by atoms with Crippen LogP contribution < -0.4 is 5.73 Å². The van der Waals surface area contributed by atoms with E-state index in [-0.39, 0.29) is 18.2 Å². The maximum absolute atomic E-state index is 12.9. The van der Waals surface area contributed by atoms with Gasteiger partial charge in [-0.25, -0.2) is 4.39 Å². The highest BCUT2D eigenvalue weighted by molar-refractivity contribution is 5.85. The number of rotatable bonds is 4. The fourth-order valence-electron chi connectivity index (χ4n) is 2.51. The van der Waals surface area contributed by atoms with Crippen molar-refractivity contribution in [2.45, 2.75) is 24.9 Å². The maximum atomic E-state index is 12.9. The summed E-state index contributed by atoms with van der Waals surface area (Å²) < 4.78 is 12.9. The van der Waals surface area contributed by atoms with E-state index >= 15 is 0 Å². The molecule has 2 rings (SSSR count). The van der Waals surface area contributed by atoms with Crippen molar-refractivity contribution < 1.29 is 9.50 Å². The highest BCUT2D eigenvalue weighted by Gasteiger charge is 2.33. The van der Waals surface area contributed by atoms with Crippen LogP contribution >= 0.6 is 12.4 Å². The molecular weight excluding hydrogens is 267 g/mol. The summed E-state index contributed by atoms with van der Waals surface area (Å²) in [6, 6.07) is 6.19. The number of likely N-dealkylation sites (tertiary alicyclic amines) is 1. The lowest BCUT2D eigenvalue weighted by atomic mass is 9.84. The molecule has 3 nitrogen and oxygen atoms in total. The molecule has 1 aliphatic rings. The van der Waals surface area contributed by atoms with Crippen molar-refractivity contribution in [1.29, 1.82) is 0 Å². The first-order valence-corrected chi connectivity index (χ1v) is 6.55. The first-order valence-electron chi connectivity index (χ1n) is 6.55. The van der Waals surface area contributed by atoms with Gasteiger partial charge < -0.3 is 15.7 Å². The van der Waals surface area contributed by atoms with Gasteiger partial charge >= 0.3 is 0 Å². The summed E-state index contributed by atoms with van der Waals surface area (Å²) >= 11 is 0. The Morgan fingerprint density at radius 3 is 2.32 bits per heavy atom. The van der Waals surface area contributed by atoms with Crippen LogP contribution in [0.4, 0.5) is 4.39 Å². The highest BCUT2D eigenvalue weighted by atomic mass is 35.5. The molecule has 1 aromatic rings. The molecule has 0 saturated carbocycles. The van der Waals surface area contributed by atoms with Crippen LogP contribution in [-0.4, -0.2) is 36.2 Å². The molecule has 0 radical (unpaired) electrons. The minimum absolute atomic E-state index is 0. The van der Waals surface area contributed by atoms with E-state index in [4.69, 9.17) is 5.73 Å². The molecule has 0 aliphatic carbocycles. The van der Waals surface area contributed by atoms with Crippen molar-refractivity contribution >= 4 is 12.4 Å². The molecule has 108 valence electrons. The molecule has 1 aliphatic heterocycles. The van der Waals surface area contributed by atoms with Gasteiger partial charge in [-0.1, -0.05) is 12.1 Å². The zero-order valence-corrected chi connectivity index (χ0v) is 11.8. The molecule has 5 heteroatoms. The van der Waals surface area contributed by atoms with Crippen LogP contribution in [0.15, 0.2) is 24.3 Å². The van der Waals surface area contributed by atoms with Crippen LogP contribution in [0.25, 0.3) is 0 Å². The van der Waals surface area contributed by atoms with Crippen molar-refractivity contribution in [3.05, 3.63) is 35.6 Å². The zero-order chi connectivity index (χ0) is 13.0. The Hall–Kier alpha value is -0.680. The molecule has 0 spiro atoms. The molecule has 0 amide bonds. The van der Waals surface area contributed by atoms with Crippen molar-refractivity contribution in [2.24, 2.45) is 5.73 Å². The predicted molar refractivity (Wildman–Crippen MR) is 76.9 cm³/mol. The number of benzene rings is 1. The third kappa shape index (κ3) is 4.14. The molecule has 3 N–H and O–H groups in total. The topological polar surface area (TPSA) is 49.5 Å². The first kappa shape index (κ1) is 16.4. The van der Waals surface area contributed by atoms with Crippen molar-refractivity contribution in [3.63, 3.8) is 0 Å². The van der Waals surface area contributed by atoms with Gasteiger partial charge in [0.25, 0.3) is 0 Å². The Morgan fingerprint density at radius 2 is 1.79 bits per heavy atom. The number of nitrogens with two attached hydrogens (primary N) is 1. The normalized spacial score (nSPS) is 18.9. The minimum atomic E-state index is -0.799. The largest absolute Gasteiger partial charge is 0.385 e. The van der Waals surface area contributed by atoms with Gasteiger partial charge in [0.15, 0.2) is 0 Å². The van der Waals surface area contributed by atoms with Gasteiger partial charge in [-0.3, -0.25) is 0 Å². The molecule has 0 unspecified atom stereocenters. The Morgan fingerprint density at radius 1 is 1.21 bits per heavy atom. The second-order valence-electron chi connectivity index (χ2n) is 5.02. The van der Waals surface area contributed by atoms with E-state index in [2.05, 4.69) is 4.90 Å². The summed E-state index contributed by atoms with van der Waals surface area (Å²) in [7, 11) is 0. The van der Waals surface area contributed by atoms with Crippen LogP contribution in [0.3, 0.4) is 0 Å². The summed E-state index contributed by atoms with van der Waals surface area (Å²) in [5.74, 6) is -0.261. The maximum Gasteiger partial charge on any atom is 0.123 e. The number of nitrogens with zero attached hydrogens (tertiary/aromatic N) is 1. The summed E-state index contributed by atoms with van der Waals surface area (Å²) in [6.45, 7) is 3.44. The quantitative estimate of drug-likeness (QED) is 0.889. The van der Waals surface area contributed by atoms with Crippen LogP contribution in [0.1, 0.15) is 24.8 Å². The van der Waals surface area contributed by atoms with Crippen molar-refractivity contribution in [2.75, 3.05) is 26.2 Å². The van der Waals surface area contributed by atoms with Crippen LogP contribution in [0.2, 0.25) is 0 Å². The van der Waals surface area contributed by atoms with Crippen molar-refractivity contribution in [1.82, 2.24) is 4.90 Å². The van der Waals surface area contributed by atoms with Crippen LogP contribution in [-0.2, 0) is 5.60 Å². The minimum Gasteiger partial charge on any atom is -0.385 e. The van der Waals surface area contributed by atoms with Crippen LogP contribution in [0.5, 0.6) is 0 Å². The van der Waals surface area contributed by atoms with Gasteiger partial charge in [0.1, 0.15) is 5.82 Å². The second kappa shape index (κ2) is 7.20. The number of piperidine rings is 1. The number of hydrogen-bond acceptors (Lipinski definition) is 3. The van der Waals surface area contributed by atoms with Gasteiger partial charge in [0, 0.05) is 13.1 Å². The van der Waals surface area contributed by atoms with Gasteiger partial charge in [0.05, 0.1) is 5.60 Å². The van der Waals surface area contributed by atoms with Gasteiger partial charge in [-0.2, -0.15) is 0 Å². The SMILES string of the molecule is Cl.NCCCN1CCC(O)(c2ccc(F)cc2)CC1. The Kier molecular flexibility index (Phi) is 6.20. The van der Waals surface area contributed by atoms with E-state index in [1.807, 2.05) is 0 Å². The Balaban J connectivity index is 0.00000180. The fraction of sp³-hybridized carbons (Fsp3) is 0.571. The molecule has 1 aromatic carbocycles. The second-order valence-corrected chi connectivity index (χ2v) is 5.02. The average molecular weight is 289 g/mol. The molecule has 1 saturated heterocycles. The number of hydrogen-bond donors (Lipinski definition) is 2. The van der Waals surface area contributed by atoms with Crippen LogP contribution in [0, 0.1) is 5.82 Å². The smallest absolute Gasteiger partial charge is 0.123 e. The lowest BCUT2D eigenvalue weighted by molar-refractivity contribution is -0.0259. The van der Waals surface area contributed by atoms with E-state index in [1.165, 1.54) is 12.1 Å². The van der Waals surface area contributed by atoms with Gasteiger partial charge in [-0.15, -0.1) is 12.4 Å². The summed E-state index contributed by atoms with van der Waals surface area (Å²) in [6.07, 6.45) is 2.39. The average Bonchev–Trinajstić information content (AvgIpc) is 2.39. The van der Waals surface area contributed by atoms with E-state index in [0.717, 1.165) is 31.6 Å². The van der Waals surface area contributed by atoms with Crippen molar-refractivity contribution in [3.8, 4) is 0 Å². The highest BCUT2D eigenvalue weighted by Crippen LogP contribution is 2.32. The number of halogens is 2. The number of aliphatic hydroxyl groups is 1. The summed E-state index contributed by atoms with van der Waals surface area (Å²) in [4.78, 5) is 2.32. The summed E-state index contributed by atoms with van der Waals surface area (Å²) in [5.41, 5.74) is 5.52. The third-order valence-electron chi connectivity index (χ3n) is 3.74. The fourth-order valence-corrected chi connectivity index (χ4v) is 2.51. The molecule has 19 heavy (non-hydrogen) atoms. The Labute approximate surface area is 120 Å². The molecule has 1 fully saturated rings. The standard InChI is InChI=1S/C14H21FN2O.ClH/c15-13-4-2-12(3-5-13)14(18)6-10-17(11-7-14)9-1-8-16;/h2-5,18H,1,6-11,16H2;1H.